The van der Waals surface area contributed by atoms with Gasteiger partial charge in [-0.3, -0.25) is 0 Å². The quantitative estimate of drug-likeness (QED) is 0.649. The predicted molar refractivity (Wildman–Crippen MR) is 108 cm³/mol. The van der Waals surface area contributed by atoms with Gasteiger partial charge >= 0.3 is 5.97 Å². The van der Waals surface area contributed by atoms with Crippen molar-refractivity contribution in [2.75, 3.05) is 24.8 Å². The van der Waals surface area contributed by atoms with Crippen molar-refractivity contribution in [3.05, 3.63) is 66.0 Å². The Bertz CT molecular complexity index is 974. The molecular formula is C21H22N4O3. The SMILES string of the molecule is CCc1ccc(Oc2ncnc(N(C)c3ccccc3C(=O)OC)c2N)cc1. The van der Waals surface area contributed by atoms with Gasteiger partial charge in [0.15, 0.2) is 5.82 Å². The number of methoxy groups -OCH3 is 1. The zero-order valence-electron chi connectivity index (χ0n) is 16.0. The molecule has 0 aliphatic heterocycles. The lowest BCUT2D eigenvalue weighted by Crippen LogP contribution is -2.18. The summed E-state index contributed by atoms with van der Waals surface area (Å²) in [5.74, 6) is 0.858. The molecule has 0 atom stereocenters. The minimum atomic E-state index is -0.442. The van der Waals surface area contributed by atoms with Crippen molar-refractivity contribution >= 4 is 23.2 Å². The third-order valence-electron chi connectivity index (χ3n) is 4.36. The van der Waals surface area contributed by atoms with Gasteiger partial charge in [-0.05, 0) is 36.2 Å². The molecule has 0 fully saturated rings. The standard InChI is InChI=1S/C21H22N4O3/c1-4-14-9-11-15(12-10-14)28-20-18(22)19(23-13-24-20)25(2)17-8-6-5-7-16(17)21(26)27-3/h5-13H,4,22H2,1-3H3. The number of ether oxygens (including phenoxy) is 2. The molecule has 144 valence electrons. The average Bonchev–Trinajstić information content (AvgIpc) is 2.74. The summed E-state index contributed by atoms with van der Waals surface area (Å²) in [7, 11) is 3.11. The molecule has 3 aromatic rings. The van der Waals surface area contributed by atoms with Crippen LogP contribution in [0.3, 0.4) is 0 Å². The van der Waals surface area contributed by atoms with Gasteiger partial charge in [-0.1, -0.05) is 31.2 Å². The van der Waals surface area contributed by atoms with E-state index in [1.54, 1.807) is 30.1 Å². The van der Waals surface area contributed by atoms with Crippen LogP contribution in [0, 0.1) is 0 Å². The van der Waals surface area contributed by atoms with Crippen molar-refractivity contribution in [2.24, 2.45) is 0 Å². The number of rotatable bonds is 6. The minimum Gasteiger partial charge on any atom is -0.465 e. The summed E-state index contributed by atoms with van der Waals surface area (Å²) in [6.07, 6.45) is 2.32. The first-order chi connectivity index (χ1) is 13.5. The first-order valence-electron chi connectivity index (χ1n) is 8.83. The zero-order valence-corrected chi connectivity index (χ0v) is 16.0. The summed E-state index contributed by atoms with van der Waals surface area (Å²) in [4.78, 5) is 22.2. The highest BCUT2D eigenvalue weighted by molar-refractivity contribution is 5.97. The Morgan fingerprint density at radius 1 is 1.11 bits per heavy atom. The first kappa shape index (κ1) is 19.2. The van der Waals surface area contributed by atoms with Crippen molar-refractivity contribution in [1.29, 1.82) is 0 Å². The van der Waals surface area contributed by atoms with Crippen molar-refractivity contribution in [3.63, 3.8) is 0 Å². The smallest absolute Gasteiger partial charge is 0.339 e. The van der Waals surface area contributed by atoms with Crippen LogP contribution >= 0.6 is 0 Å². The fourth-order valence-electron chi connectivity index (χ4n) is 2.79. The Morgan fingerprint density at radius 3 is 2.50 bits per heavy atom. The molecule has 0 spiro atoms. The minimum absolute atomic E-state index is 0.247. The average molecular weight is 378 g/mol. The van der Waals surface area contributed by atoms with Gasteiger partial charge in [-0.2, -0.15) is 4.98 Å². The number of benzene rings is 2. The first-order valence-corrected chi connectivity index (χ1v) is 8.83. The fourth-order valence-corrected chi connectivity index (χ4v) is 2.79. The van der Waals surface area contributed by atoms with Crippen molar-refractivity contribution in [3.8, 4) is 11.6 Å². The molecule has 0 aliphatic rings. The molecule has 0 bridgehead atoms. The van der Waals surface area contributed by atoms with E-state index in [0.29, 0.717) is 22.8 Å². The molecule has 1 aromatic heterocycles. The maximum atomic E-state index is 12.1. The summed E-state index contributed by atoms with van der Waals surface area (Å²) < 4.78 is 10.7. The molecule has 7 heteroatoms. The second-order valence-corrected chi connectivity index (χ2v) is 6.08. The second-order valence-electron chi connectivity index (χ2n) is 6.08. The Balaban J connectivity index is 1.93. The molecule has 28 heavy (non-hydrogen) atoms. The Hall–Kier alpha value is -3.61. The van der Waals surface area contributed by atoms with E-state index in [4.69, 9.17) is 15.2 Å². The zero-order chi connectivity index (χ0) is 20.1. The number of esters is 1. The summed E-state index contributed by atoms with van der Waals surface area (Å²) in [5, 5.41) is 0. The van der Waals surface area contributed by atoms with Crippen molar-refractivity contribution in [2.45, 2.75) is 13.3 Å². The molecule has 0 unspecified atom stereocenters. The van der Waals surface area contributed by atoms with Gasteiger partial charge in [0, 0.05) is 7.05 Å². The molecular weight excluding hydrogens is 356 g/mol. The number of nitrogens with zero attached hydrogens (tertiary/aromatic N) is 3. The van der Waals surface area contributed by atoms with Crippen LogP contribution in [0.5, 0.6) is 11.6 Å². The number of carbonyl (C=O) groups is 1. The fraction of sp³-hybridized carbons (Fsp3) is 0.190. The van der Waals surface area contributed by atoms with Crippen LogP contribution in [0.2, 0.25) is 0 Å². The van der Waals surface area contributed by atoms with Crippen LogP contribution in [0.25, 0.3) is 0 Å². The monoisotopic (exact) mass is 378 g/mol. The summed E-state index contributed by atoms with van der Waals surface area (Å²) >= 11 is 0. The van der Waals surface area contributed by atoms with Crippen LogP contribution in [0.4, 0.5) is 17.2 Å². The van der Waals surface area contributed by atoms with Gasteiger partial charge < -0.3 is 20.1 Å². The lowest BCUT2D eigenvalue weighted by molar-refractivity contribution is 0.0601. The second kappa shape index (κ2) is 8.39. The molecule has 0 radical (unpaired) electrons. The van der Waals surface area contributed by atoms with Gasteiger partial charge in [0.1, 0.15) is 17.8 Å². The summed E-state index contributed by atoms with van der Waals surface area (Å²) in [6, 6.07) is 14.8. The highest BCUT2D eigenvalue weighted by Gasteiger charge is 2.20. The van der Waals surface area contributed by atoms with Crippen LogP contribution in [0.15, 0.2) is 54.9 Å². The normalized spacial score (nSPS) is 10.4. The maximum Gasteiger partial charge on any atom is 0.339 e. The highest BCUT2D eigenvalue weighted by Crippen LogP contribution is 2.35. The van der Waals surface area contributed by atoms with Gasteiger partial charge in [-0.15, -0.1) is 0 Å². The number of anilines is 3. The predicted octanol–water partition coefficient (Wildman–Crippen LogP) is 3.97. The molecule has 3 rings (SSSR count). The number of hydrogen-bond donors (Lipinski definition) is 1. The van der Waals surface area contributed by atoms with E-state index in [0.717, 1.165) is 6.42 Å². The van der Waals surface area contributed by atoms with Gasteiger partial charge in [-0.25, -0.2) is 9.78 Å². The Labute approximate surface area is 163 Å². The Morgan fingerprint density at radius 2 is 1.82 bits per heavy atom. The lowest BCUT2D eigenvalue weighted by Gasteiger charge is -2.22. The van der Waals surface area contributed by atoms with E-state index >= 15 is 0 Å². The molecule has 7 nitrogen and oxygen atoms in total. The third-order valence-corrected chi connectivity index (χ3v) is 4.36. The van der Waals surface area contributed by atoms with Crippen molar-refractivity contribution in [1.82, 2.24) is 9.97 Å². The molecule has 0 saturated carbocycles. The van der Waals surface area contributed by atoms with Crippen LogP contribution in [-0.2, 0) is 11.2 Å². The largest absolute Gasteiger partial charge is 0.465 e. The van der Waals surface area contributed by atoms with Gasteiger partial charge in [0.05, 0.1) is 18.4 Å². The number of para-hydroxylation sites is 1. The molecule has 0 amide bonds. The van der Waals surface area contributed by atoms with Crippen molar-refractivity contribution < 1.29 is 14.3 Å². The number of nitrogens with two attached hydrogens (primary N) is 1. The molecule has 2 N–H and O–H groups in total. The van der Waals surface area contributed by atoms with Crippen LogP contribution in [0.1, 0.15) is 22.8 Å². The number of hydrogen-bond acceptors (Lipinski definition) is 7. The van der Waals surface area contributed by atoms with E-state index in [9.17, 15) is 4.79 Å². The molecule has 1 heterocycles. The maximum absolute atomic E-state index is 12.1. The van der Waals surface area contributed by atoms with Gasteiger partial charge in [0.2, 0.25) is 5.88 Å². The lowest BCUT2D eigenvalue weighted by atomic mass is 10.1. The molecule has 0 aliphatic carbocycles. The number of nitrogen functional groups attached to an aromatic ring is 1. The number of carbonyl (C=O) groups excluding carboxylic acids is 1. The molecule has 0 saturated heterocycles. The Kier molecular flexibility index (Phi) is 5.74. The van der Waals surface area contributed by atoms with E-state index in [-0.39, 0.29) is 11.6 Å². The van der Waals surface area contributed by atoms with E-state index in [2.05, 4.69) is 16.9 Å². The highest BCUT2D eigenvalue weighted by atomic mass is 16.5. The topological polar surface area (TPSA) is 90.6 Å². The number of aromatic nitrogens is 2. The van der Waals surface area contributed by atoms with E-state index < -0.39 is 5.97 Å². The number of aryl methyl sites for hydroxylation is 1. The van der Waals surface area contributed by atoms with E-state index in [1.165, 1.54) is 19.0 Å². The molecule has 2 aromatic carbocycles. The summed E-state index contributed by atoms with van der Waals surface area (Å²) in [6.45, 7) is 2.09. The van der Waals surface area contributed by atoms with Crippen LogP contribution < -0.4 is 15.4 Å². The van der Waals surface area contributed by atoms with E-state index in [1.807, 2.05) is 30.3 Å². The third kappa shape index (κ3) is 3.88. The van der Waals surface area contributed by atoms with Gasteiger partial charge in [0.25, 0.3) is 0 Å². The van der Waals surface area contributed by atoms with Crippen LogP contribution in [-0.4, -0.2) is 30.1 Å². The summed E-state index contributed by atoms with van der Waals surface area (Å²) in [5.41, 5.74) is 8.77.